The molecule has 0 radical (unpaired) electrons. The van der Waals surface area contributed by atoms with Gasteiger partial charge in [-0.25, -0.2) is 0 Å². The van der Waals surface area contributed by atoms with Crippen molar-refractivity contribution in [3.8, 4) is 0 Å². The fourth-order valence-electron chi connectivity index (χ4n) is 8.83. The summed E-state index contributed by atoms with van der Waals surface area (Å²) in [6.07, 6.45) is 7.21. The highest BCUT2D eigenvalue weighted by Gasteiger charge is 2.83. The van der Waals surface area contributed by atoms with Crippen molar-refractivity contribution in [2.75, 3.05) is 6.61 Å². The number of rotatable bonds is 2. The van der Waals surface area contributed by atoms with Gasteiger partial charge in [-0.15, -0.1) is 0 Å². The summed E-state index contributed by atoms with van der Waals surface area (Å²) in [4.78, 5) is 39.4. The van der Waals surface area contributed by atoms with Crippen molar-refractivity contribution >= 4 is 17.3 Å². The number of hydrogen-bond donors (Lipinski definition) is 2. The molecule has 0 spiro atoms. The van der Waals surface area contributed by atoms with Gasteiger partial charge in [-0.1, -0.05) is 66.2 Å². The highest BCUT2D eigenvalue weighted by molar-refractivity contribution is 5.98. The van der Waals surface area contributed by atoms with Crippen molar-refractivity contribution in [1.82, 2.24) is 0 Å². The van der Waals surface area contributed by atoms with Crippen molar-refractivity contribution in [2.24, 2.45) is 32.5 Å². The summed E-state index contributed by atoms with van der Waals surface area (Å²) in [5, 5.41) is 21.8. The quantitative estimate of drug-likeness (QED) is 0.656. The van der Waals surface area contributed by atoms with Gasteiger partial charge >= 0.3 is 0 Å². The van der Waals surface area contributed by atoms with Gasteiger partial charge in [0.1, 0.15) is 18.0 Å². The van der Waals surface area contributed by atoms with Crippen molar-refractivity contribution < 1.29 is 24.6 Å². The number of carbonyl (C=O) groups is 3. The first-order chi connectivity index (χ1) is 14.0. The van der Waals surface area contributed by atoms with Crippen LogP contribution >= 0.6 is 0 Å². The number of hydrogen-bond acceptors (Lipinski definition) is 5. The molecule has 0 amide bonds. The normalized spacial score (nSPS) is 50.4. The van der Waals surface area contributed by atoms with Crippen LogP contribution in [0.4, 0.5) is 0 Å². The number of allylic oxidation sites excluding steroid dienone is 4. The van der Waals surface area contributed by atoms with E-state index in [9.17, 15) is 24.6 Å². The Labute approximate surface area is 185 Å². The Morgan fingerprint density at radius 2 is 1.61 bits per heavy atom. The lowest BCUT2D eigenvalue weighted by Crippen LogP contribution is -2.72. The Morgan fingerprint density at radius 3 is 2.19 bits per heavy atom. The third-order valence-electron chi connectivity index (χ3n) is 11.2. The second-order valence-electron chi connectivity index (χ2n) is 12.2. The van der Waals surface area contributed by atoms with Crippen LogP contribution in [0.15, 0.2) is 23.8 Å². The Hall–Kier alpha value is -1.59. The van der Waals surface area contributed by atoms with Gasteiger partial charge in [0.2, 0.25) is 0 Å². The number of aliphatic hydroxyl groups is 2. The fourth-order valence-corrected chi connectivity index (χ4v) is 8.83. The van der Waals surface area contributed by atoms with E-state index in [1.54, 1.807) is 6.08 Å². The van der Waals surface area contributed by atoms with Crippen LogP contribution in [0.3, 0.4) is 0 Å². The van der Waals surface area contributed by atoms with E-state index in [4.69, 9.17) is 0 Å². The van der Waals surface area contributed by atoms with Crippen molar-refractivity contribution in [1.29, 1.82) is 0 Å². The molecule has 0 saturated heterocycles. The molecule has 5 heteroatoms. The maximum atomic E-state index is 14.2. The minimum atomic E-state index is -1.81. The first-order valence-electron chi connectivity index (χ1n) is 11.3. The SMILES string of the molecule is CC1(C)CC2(C)C3(C)CC=C4CC(=O)C=CC4(C)C3(C)C(=O)CC2(C)C1(O)C(=O)CO. The highest BCUT2D eigenvalue weighted by atomic mass is 16.3. The van der Waals surface area contributed by atoms with E-state index in [0.717, 1.165) is 5.57 Å². The molecule has 6 atom stereocenters. The summed E-state index contributed by atoms with van der Waals surface area (Å²) in [5.41, 5.74) is -5.16. The summed E-state index contributed by atoms with van der Waals surface area (Å²) in [6, 6.07) is 0. The van der Waals surface area contributed by atoms with E-state index >= 15 is 0 Å². The standard InChI is InChI=1S/C26H36O5/c1-20(2)15-24(6)22(4)11-8-16-12-17(28)9-10-21(16,3)25(22,7)18(29)13-23(24,5)26(20,31)19(30)14-27/h8-10,27,31H,11-15H2,1-7H3. The van der Waals surface area contributed by atoms with Gasteiger partial charge in [0, 0.05) is 34.5 Å². The van der Waals surface area contributed by atoms with Crippen molar-refractivity contribution in [2.45, 2.75) is 79.8 Å². The van der Waals surface area contributed by atoms with Gasteiger partial charge in [-0.05, 0) is 29.7 Å². The zero-order valence-corrected chi connectivity index (χ0v) is 19.9. The lowest BCUT2D eigenvalue weighted by atomic mass is 9.31. The Bertz CT molecular complexity index is 974. The molecule has 4 aliphatic carbocycles. The maximum Gasteiger partial charge on any atom is 0.190 e. The van der Waals surface area contributed by atoms with Gasteiger partial charge < -0.3 is 10.2 Å². The monoisotopic (exact) mass is 428 g/mol. The van der Waals surface area contributed by atoms with Crippen LogP contribution in [0.2, 0.25) is 0 Å². The van der Waals surface area contributed by atoms with E-state index in [2.05, 4.69) is 26.8 Å². The van der Waals surface area contributed by atoms with E-state index in [1.807, 2.05) is 33.8 Å². The van der Waals surface area contributed by atoms with Crippen molar-refractivity contribution in [3.05, 3.63) is 23.8 Å². The van der Waals surface area contributed by atoms with Crippen molar-refractivity contribution in [3.63, 3.8) is 0 Å². The number of carbonyl (C=O) groups excluding carboxylic acids is 3. The molecule has 4 aliphatic rings. The van der Waals surface area contributed by atoms with Gasteiger partial charge in [-0.3, -0.25) is 14.4 Å². The van der Waals surface area contributed by atoms with E-state index in [0.29, 0.717) is 19.3 Å². The number of ketones is 3. The molecule has 2 fully saturated rings. The molecule has 0 bridgehead atoms. The maximum absolute atomic E-state index is 14.2. The molecule has 170 valence electrons. The molecule has 2 N–H and O–H groups in total. The second kappa shape index (κ2) is 5.85. The zero-order chi connectivity index (χ0) is 23.5. The largest absolute Gasteiger partial charge is 0.388 e. The third-order valence-corrected chi connectivity index (χ3v) is 11.2. The van der Waals surface area contributed by atoms with Crippen LogP contribution in [-0.2, 0) is 14.4 Å². The molecule has 0 aromatic carbocycles. The summed E-state index contributed by atoms with van der Waals surface area (Å²) in [5.74, 6) is -0.533. The number of Topliss-reactive ketones (excluding diaryl/α,β-unsaturated/α-hetero) is 2. The van der Waals surface area contributed by atoms with Gasteiger partial charge in [0.25, 0.3) is 0 Å². The molecule has 0 aromatic heterocycles. The Balaban J connectivity index is 2.03. The Morgan fingerprint density at radius 1 is 1.00 bits per heavy atom. The molecule has 5 nitrogen and oxygen atoms in total. The summed E-state index contributed by atoms with van der Waals surface area (Å²) >= 11 is 0. The third kappa shape index (κ3) is 2.01. The molecule has 2 saturated carbocycles. The number of aliphatic hydroxyl groups excluding tert-OH is 1. The molecule has 4 rings (SSSR count). The van der Waals surface area contributed by atoms with E-state index in [1.165, 1.54) is 0 Å². The average molecular weight is 429 g/mol. The smallest absolute Gasteiger partial charge is 0.190 e. The second-order valence-corrected chi connectivity index (χ2v) is 12.2. The predicted molar refractivity (Wildman–Crippen MR) is 117 cm³/mol. The zero-order valence-electron chi connectivity index (χ0n) is 19.9. The van der Waals surface area contributed by atoms with Crippen LogP contribution in [-0.4, -0.2) is 39.8 Å². The first-order valence-corrected chi connectivity index (χ1v) is 11.3. The van der Waals surface area contributed by atoms with Gasteiger partial charge in [0.05, 0.1) is 0 Å². The van der Waals surface area contributed by atoms with Crippen LogP contribution < -0.4 is 0 Å². The minimum absolute atomic E-state index is 0.0175. The lowest BCUT2D eigenvalue weighted by Gasteiger charge is -2.71. The topological polar surface area (TPSA) is 91.7 Å². The number of fused-ring (bicyclic) bond motifs is 5. The fraction of sp³-hybridized carbons (Fsp3) is 0.731. The molecule has 6 unspecified atom stereocenters. The minimum Gasteiger partial charge on any atom is -0.388 e. The molecule has 31 heavy (non-hydrogen) atoms. The Kier molecular flexibility index (Phi) is 4.26. The first kappa shape index (κ1) is 22.6. The summed E-state index contributed by atoms with van der Waals surface area (Å²) < 4.78 is 0. The highest BCUT2D eigenvalue weighted by Crippen LogP contribution is 2.82. The predicted octanol–water partition coefficient (Wildman–Crippen LogP) is 3.57. The molecular weight excluding hydrogens is 392 g/mol. The molecule has 0 aromatic rings. The molecular formula is C26H36O5. The van der Waals surface area contributed by atoms with Crippen LogP contribution in [0, 0.1) is 32.5 Å². The van der Waals surface area contributed by atoms with Gasteiger partial charge in [-0.2, -0.15) is 0 Å². The average Bonchev–Trinajstić information content (AvgIpc) is 2.81. The van der Waals surface area contributed by atoms with Crippen LogP contribution in [0.25, 0.3) is 0 Å². The summed E-state index contributed by atoms with van der Waals surface area (Å²) in [6.45, 7) is 13.2. The van der Waals surface area contributed by atoms with E-state index in [-0.39, 0.29) is 18.0 Å². The van der Waals surface area contributed by atoms with Crippen LogP contribution in [0.1, 0.15) is 74.1 Å². The van der Waals surface area contributed by atoms with Crippen LogP contribution in [0.5, 0.6) is 0 Å². The molecule has 0 aliphatic heterocycles. The molecule has 0 heterocycles. The van der Waals surface area contributed by atoms with E-state index < -0.39 is 50.5 Å². The summed E-state index contributed by atoms with van der Waals surface area (Å²) in [7, 11) is 0. The van der Waals surface area contributed by atoms with Gasteiger partial charge in [0.15, 0.2) is 11.6 Å². The lowest BCUT2D eigenvalue weighted by molar-refractivity contribution is -0.226.